The second kappa shape index (κ2) is 6.34. The lowest BCUT2D eigenvalue weighted by atomic mass is 10.1. The smallest absolute Gasteiger partial charge is 0.217 e. The highest BCUT2D eigenvalue weighted by Crippen LogP contribution is 2.32. The summed E-state index contributed by atoms with van der Waals surface area (Å²) < 4.78 is 8.05. The summed E-state index contributed by atoms with van der Waals surface area (Å²) in [7, 11) is 1.98. The molecular weight excluding hydrogens is 312 g/mol. The summed E-state index contributed by atoms with van der Waals surface area (Å²) in [5.74, 6) is 1.42. The van der Waals surface area contributed by atoms with Crippen LogP contribution in [0.3, 0.4) is 0 Å². The predicted octanol–water partition coefficient (Wildman–Crippen LogP) is 4.26. The van der Waals surface area contributed by atoms with Crippen LogP contribution < -0.4 is 10.1 Å². The summed E-state index contributed by atoms with van der Waals surface area (Å²) in [5.41, 5.74) is 2.04. The van der Waals surface area contributed by atoms with Gasteiger partial charge in [-0.15, -0.1) is 0 Å². The molecule has 4 nitrogen and oxygen atoms in total. The van der Waals surface area contributed by atoms with Crippen molar-refractivity contribution in [1.82, 2.24) is 9.88 Å². The van der Waals surface area contributed by atoms with Gasteiger partial charge in [-0.2, -0.15) is 0 Å². The predicted molar refractivity (Wildman–Crippen MR) is 92.0 cm³/mol. The molecule has 1 heterocycles. The maximum atomic E-state index is 11.1. The SMILES string of the molecule is CC(=O)NCc1cc(Oc2ccc(Cl)cc2)c2ccn(C)c2c1. The van der Waals surface area contributed by atoms with Crippen molar-refractivity contribution >= 4 is 28.4 Å². The molecule has 2 aromatic carbocycles. The Morgan fingerprint density at radius 1 is 1.22 bits per heavy atom. The van der Waals surface area contributed by atoms with Gasteiger partial charge in [0.2, 0.25) is 5.91 Å². The molecule has 0 saturated heterocycles. The molecule has 3 aromatic rings. The maximum absolute atomic E-state index is 11.1. The largest absolute Gasteiger partial charge is 0.457 e. The molecule has 3 rings (SSSR count). The first-order valence-electron chi connectivity index (χ1n) is 7.29. The van der Waals surface area contributed by atoms with E-state index in [1.165, 1.54) is 6.92 Å². The molecule has 1 aromatic heterocycles. The van der Waals surface area contributed by atoms with E-state index < -0.39 is 0 Å². The topological polar surface area (TPSA) is 43.3 Å². The van der Waals surface area contributed by atoms with E-state index >= 15 is 0 Å². The number of nitrogens with one attached hydrogen (secondary N) is 1. The fourth-order valence-electron chi connectivity index (χ4n) is 2.44. The number of hydrogen-bond acceptors (Lipinski definition) is 2. The standard InChI is InChI=1S/C18H17ClN2O2/c1-12(22)20-11-13-9-17-16(7-8-21(17)2)18(10-13)23-15-5-3-14(19)4-6-15/h3-10H,11H2,1-2H3,(H,20,22). The van der Waals surface area contributed by atoms with Gasteiger partial charge in [-0.3, -0.25) is 4.79 Å². The van der Waals surface area contributed by atoms with E-state index in [2.05, 4.69) is 11.4 Å². The molecule has 0 aliphatic heterocycles. The van der Waals surface area contributed by atoms with Crippen molar-refractivity contribution < 1.29 is 9.53 Å². The van der Waals surface area contributed by atoms with Crippen LogP contribution in [0.1, 0.15) is 12.5 Å². The fourth-order valence-corrected chi connectivity index (χ4v) is 2.56. The number of benzene rings is 2. The van der Waals surface area contributed by atoms with Gasteiger partial charge in [-0.05, 0) is 48.0 Å². The first-order chi connectivity index (χ1) is 11.0. The minimum atomic E-state index is -0.0582. The van der Waals surface area contributed by atoms with Gasteiger partial charge in [-0.25, -0.2) is 0 Å². The summed E-state index contributed by atoms with van der Waals surface area (Å²) in [4.78, 5) is 11.1. The monoisotopic (exact) mass is 328 g/mol. The Morgan fingerprint density at radius 2 is 1.96 bits per heavy atom. The van der Waals surface area contributed by atoms with Crippen molar-refractivity contribution in [3.63, 3.8) is 0 Å². The van der Waals surface area contributed by atoms with E-state index in [4.69, 9.17) is 16.3 Å². The van der Waals surface area contributed by atoms with Crippen molar-refractivity contribution in [1.29, 1.82) is 0 Å². The highest BCUT2D eigenvalue weighted by Gasteiger charge is 2.10. The first kappa shape index (κ1) is 15.4. The normalized spacial score (nSPS) is 10.7. The van der Waals surface area contributed by atoms with Gasteiger partial charge in [-0.1, -0.05) is 11.6 Å². The van der Waals surface area contributed by atoms with Gasteiger partial charge in [0.1, 0.15) is 11.5 Å². The molecule has 0 saturated carbocycles. The number of hydrogen-bond donors (Lipinski definition) is 1. The van der Waals surface area contributed by atoms with Gasteiger partial charge < -0.3 is 14.6 Å². The molecule has 0 spiro atoms. The van der Waals surface area contributed by atoms with Gasteiger partial charge in [0, 0.05) is 37.1 Å². The second-order valence-electron chi connectivity index (χ2n) is 5.42. The van der Waals surface area contributed by atoms with Crippen LogP contribution in [0, 0.1) is 0 Å². The zero-order valence-electron chi connectivity index (χ0n) is 13.0. The van der Waals surface area contributed by atoms with Crippen LogP contribution in [0.5, 0.6) is 11.5 Å². The first-order valence-corrected chi connectivity index (χ1v) is 7.66. The van der Waals surface area contributed by atoms with Gasteiger partial charge in [0.15, 0.2) is 0 Å². The summed E-state index contributed by atoms with van der Waals surface area (Å²) in [5, 5.41) is 4.51. The molecule has 1 N–H and O–H groups in total. The van der Waals surface area contributed by atoms with Crippen LogP contribution in [0.2, 0.25) is 5.02 Å². The minimum Gasteiger partial charge on any atom is -0.457 e. The Balaban J connectivity index is 1.99. The van der Waals surface area contributed by atoms with Crippen molar-refractivity contribution in [3.8, 4) is 11.5 Å². The van der Waals surface area contributed by atoms with Crippen LogP contribution in [-0.4, -0.2) is 10.5 Å². The molecule has 0 bridgehead atoms. The Bertz CT molecular complexity index is 853. The average molecular weight is 329 g/mol. The summed E-state index contributed by atoms with van der Waals surface area (Å²) >= 11 is 5.91. The Hall–Kier alpha value is -2.46. The fraction of sp³-hybridized carbons (Fsp3) is 0.167. The van der Waals surface area contributed by atoms with Gasteiger partial charge in [0.05, 0.1) is 5.52 Å². The van der Waals surface area contributed by atoms with Crippen LogP contribution in [-0.2, 0) is 18.4 Å². The molecule has 0 atom stereocenters. The number of carbonyl (C=O) groups is 1. The number of carbonyl (C=O) groups excluding carboxylic acids is 1. The molecule has 1 amide bonds. The van der Waals surface area contributed by atoms with Crippen LogP contribution >= 0.6 is 11.6 Å². The molecule has 0 fully saturated rings. The van der Waals surface area contributed by atoms with E-state index in [0.29, 0.717) is 11.6 Å². The van der Waals surface area contributed by atoms with Gasteiger partial charge in [0.25, 0.3) is 0 Å². The van der Waals surface area contributed by atoms with Gasteiger partial charge >= 0.3 is 0 Å². The number of aryl methyl sites for hydroxylation is 1. The highest BCUT2D eigenvalue weighted by atomic mass is 35.5. The number of rotatable bonds is 4. The Labute approximate surface area is 139 Å². The maximum Gasteiger partial charge on any atom is 0.217 e. The molecule has 0 aliphatic rings. The Kier molecular flexibility index (Phi) is 4.26. The van der Waals surface area contributed by atoms with Crippen LogP contribution in [0.15, 0.2) is 48.7 Å². The second-order valence-corrected chi connectivity index (χ2v) is 5.86. The quantitative estimate of drug-likeness (QED) is 0.777. The number of ether oxygens (including phenoxy) is 1. The third-order valence-corrected chi connectivity index (χ3v) is 3.86. The molecule has 0 aliphatic carbocycles. The molecule has 118 valence electrons. The van der Waals surface area contributed by atoms with Crippen molar-refractivity contribution in [3.05, 3.63) is 59.2 Å². The lowest BCUT2D eigenvalue weighted by molar-refractivity contribution is -0.119. The number of aromatic nitrogens is 1. The van der Waals surface area contributed by atoms with Crippen molar-refractivity contribution in [2.75, 3.05) is 0 Å². The van der Waals surface area contributed by atoms with E-state index in [1.54, 1.807) is 12.1 Å². The summed E-state index contributed by atoms with van der Waals surface area (Å²) in [6.45, 7) is 1.97. The van der Waals surface area contributed by atoms with Crippen molar-refractivity contribution in [2.45, 2.75) is 13.5 Å². The average Bonchev–Trinajstić information content (AvgIpc) is 2.89. The number of halogens is 1. The third-order valence-electron chi connectivity index (χ3n) is 3.61. The molecule has 5 heteroatoms. The zero-order valence-corrected chi connectivity index (χ0v) is 13.7. The lowest BCUT2D eigenvalue weighted by Gasteiger charge is -2.11. The number of fused-ring (bicyclic) bond motifs is 1. The Morgan fingerprint density at radius 3 is 2.65 bits per heavy atom. The van der Waals surface area contributed by atoms with E-state index in [0.717, 1.165) is 28.0 Å². The highest BCUT2D eigenvalue weighted by molar-refractivity contribution is 6.30. The van der Waals surface area contributed by atoms with E-state index in [1.807, 2.05) is 42.1 Å². The third kappa shape index (κ3) is 3.48. The van der Waals surface area contributed by atoms with Crippen LogP contribution in [0.25, 0.3) is 10.9 Å². The number of amides is 1. The minimum absolute atomic E-state index is 0.0582. The molecular formula is C18H17ClN2O2. The van der Waals surface area contributed by atoms with E-state index in [9.17, 15) is 4.79 Å². The lowest BCUT2D eigenvalue weighted by Crippen LogP contribution is -2.18. The molecule has 0 unspecified atom stereocenters. The zero-order chi connectivity index (χ0) is 16.4. The van der Waals surface area contributed by atoms with E-state index in [-0.39, 0.29) is 5.91 Å². The summed E-state index contributed by atoms with van der Waals surface area (Å²) in [6, 6.07) is 13.3. The van der Waals surface area contributed by atoms with Crippen LogP contribution in [0.4, 0.5) is 0 Å². The number of nitrogens with zero attached hydrogens (tertiary/aromatic N) is 1. The van der Waals surface area contributed by atoms with Crippen molar-refractivity contribution in [2.24, 2.45) is 7.05 Å². The molecule has 23 heavy (non-hydrogen) atoms. The molecule has 0 radical (unpaired) electrons. The summed E-state index contributed by atoms with van der Waals surface area (Å²) in [6.07, 6.45) is 1.99.